The first kappa shape index (κ1) is 67.4. The van der Waals surface area contributed by atoms with Gasteiger partial charge in [0.2, 0.25) is 0 Å². The minimum atomic E-state index is -0.763. The van der Waals surface area contributed by atoms with Crippen molar-refractivity contribution < 1.29 is 28.6 Å². The molecule has 0 radical (unpaired) electrons. The smallest absolute Gasteiger partial charge is 0.306 e. The zero-order valence-corrected chi connectivity index (χ0v) is 47.5. The number of hydrogen-bond acceptors (Lipinski definition) is 6. The van der Waals surface area contributed by atoms with Gasteiger partial charge in [-0.3, -0.25) is 14.4 Å². The number of rotatable bonds is 57. The van der Waals surface area contributed by atoms with Crippen LogP contribution in [0.15, 0.2) is 0 Å². The van der Waals surface area contributed by atoms with Gasteiger partial charge in [-0.15, -0.1) is 0 Å². The van der Waals surface area contributed by atoms with Gasteiger partial charge in [-0.05, 0) is 31.1 Å². The molecule has 0 amide bonds. The Bertz CT molecular complexity index is 1060. The summed E-state index contributed by atoms with van der Waals surface area (Å²) in [5.74, 6) is 0.920. The summed E-state index contributed by atoms with van der Waals surface area (Å²) in [5, 5.41) is 0. The summed E-state index contributed by atoms with van der Waals surface area (Å²) < 4.78 is 16.9. The molecule has 0 fully saturated rings. The van der Waals surface area contributed by atoms with Gasteiger partial charge in [-0.2, -0.15) is 0 Å². The van der Waals surface area contributed by atoms with Crippen LogP contribution in [-0.4, -0.2) is 37.2 Å². The molecule has 69 heavy (non-hydrogen) atoms. The van der Waals surface area contributed by atoms with E-state index < -0.39 is 6.10 Å². The quantitative estimate of drug-likeness (QED) is 0.0343. The van der Waals surface area contributed by atoms with Gasteiger partial charge in [0, 0.05) is 19.3 Å². The third-order valence-corrected chi connectivity index (χ3v) is 14.8. The van der Waals surface area contributed by atoms with Crippen molar-refractivity contribution in [2.24, 2.45) is 11.8 Å². The lowest BCUT2D eigenvalue weighted by atomic mass is 9.99. The van der Waals surface area contributed by atoms with Gasteiger partial charge in [0.1, 0.15) is 13.2 Å². The summed E-state index contributed by atoms with van der Waals surface area (Å²) in [4.78, 5) is 38.2. The first-order valence-corrected chi connectivity index (χ1v) is 31.3. The summed E-state index contributed by atoms with van der Waals surface area (Å²) in [5.41, 5.74) is 0. The molecule has 0 spiro atoms. The van der Waals surface area contributed by atoms with Crippen molar-refractivity contribution in [1.29, 1.82) is 0 Å². The molecule has 0 rings (SSSR count). The Morgan fingerprint density at radius 1 is 0.304 bits per heavy atom. The highest BCUT2D eigenvalue weighted by atomic mass is 16.6. The topological polar surface area (TPSA) is 78.9 Å². The molecule has 6 heteroatoms. The molecule has 0 saturated carbocycles. The van der Waals surface area contributed by atoms with Gasteiger partial charge in [0.05, 0.1) is 0 Å². The molecule has 0 heterocycles. The van der Waals surface area contributed by atoms with Crippen molar-refractivity contribution in [3.63, 3.8) is 0 Å². The molecule has 0 saturated heterocycles. The molecule has 0 N–H and O–H groups in total. The van der Waals surface area contributed by atoms with Gasteiger partial charge in [-0.25, -0.2) is 0 Å². The van der Waals surface area contributed by atoms with Crippen LogP contribution in [0.2, 0.25) is 0 Å². The number of carbonyl (C=O) groups excluding carboxylic acids is 3. The first-order valence-electron chi connectivity index (χ1n) is 31.3. The van der Waals surface area contributed by atoms with E-state index in [1.54, 1.807) is 0 Å². The largest absolute Gasteiger partial charge is 0.462 e. The predicted octanol–water partition coefficient (Wildman–Crippen LogP) is 20.8. The SMILES string of the molecule is CCCCCCCCCCCCCCC(=O)OC[C@@H](COC(=O)CCCCCCCCCCCCCCCCCCCCC(C)CC)OC(=O)CCCCCCCCCCCCCCCCC(C)C. The highest BCUT2D eigenvalue weighted by Crippen LogP contribution is 2.19. The van der Waals surface area contributed by atoms with E-state index >= 15 is 0 Å². The van der Waals surface area contributed by atoms with Crippen LogP contribution in [0.3, 0.4) is 0 Å². The number of ether oxygens (including phenoxy) is 3. The van der Waals surface area contributed by atoms with Gasteiger partial charge in [-0.1, -0.05) is 317 Å². The summed E-state index contributed by atoms with van der Waals surface area (Å²) in [7, 11) is 0. The van der Waals surface area contributed by atoms with Crippen LogP contribution in [0.4, 0.5) is 0 Å². The third-order valence-electron chi connectivity index (χ3n) is 14.8. The monoisotopic (exact) mass is 975 g/mol. The number of esters is 3. The molecule has 0 aliphatic carbocycles. The number of unbranched alkanes of at least 4 members (excludes halogenated alkanes) is 41. The van der Waals surface area contributed by atoms with E-state index in [-0.39, 0.29) is 31.1 Å². The summed E-state index contributed by atoms with van der Waals surface area (Å²) in [6.45, 7) is 11.5. The van der Waals surface area contributed by atoms with Crippen molar-refractivity contribution in [3.05, 3.63) is 0 Å². The maximum Gasteiger partial charge on any atom is 0.306 e. The van der Waals surface area contributed by atoms with Crippen LogP contribution < -0.4 is 0 Å². The van der Waals surface area contributed by atoms with Crippen LogP contribution in [0.1, 0.15) is 356 Å². The zero-order chi connectivity index (χ0) is 50.4. The molecule has 0 aromatic rings. The number of hydrogen-bond donors (Lipinski definition) is 0. The second-order valence-corrected chi connectivity index (χ2v) is 22.4. The van der Waals surface area contributed by atoms with Crippen molar-refractivity contribution in [2.75, 3.05) is 13.2 Å². The predicted molar refractivity (Wildman–Crippen MR) is 298 cm³/mol. The van der Waals surface area contributed by atoms with E-state index in [1.165, 1.54) is 244 Å². The van der Waals surface area contributed by atoms with Crippen LogP contribution in [-0.2, 0) is 28.6 Å². The van der Waals surface area contributed by atoms with Crippen molar-refractivity contribution in [3.8, 4) is 0 Å². The van der Waals surface area contributed by atoms with E-state index in [0.717, 1.165) is 69.6 Å². The normalized spacial score (nSPS) is 12.4. The van der Waals surface area contributed by atoms with Gasteiger partial charge < -0.3 is 14.2 Å². The molecule has 0 aromatic carbocycles. The molecular weight excluding hydrogens is 853 g/mol. The van der Waals surface area contributed by atoms with Crippen LogP contribution in [0.25, 0.3) is 0 Å². The fraction of sp³-hybridized carbons (Fsp3) is 0.952. The average Bonchev–Trinajstić information content (AvgIpc) is 3.34. The zero-order valence-electron chi connectivity index (χ0n) is 47.5. The second kappa shape index (κ2) is 55.7. The maximum atomic E-state index is 12.9. The Kier molecular flexibility index (Phi) is 54.4. The third kappa shape index (κ3) is 55.6. The lowest BCUT2D eigenvalue weighted by Crippen LogP contribution is -2.30. The summed E-state index contributed by atoms with van der Waals surface area (Å²) >= 11 is 0. The molecule has 410 valence electrons. The molecule has 0 aromatic heterocycles. The number of carbonyl (C=O) groups is 3. The molecule has 2 atom stereocenters. The van der Waals surface area contributed by atoms with E-state index in [0.29, 0.717) is 19.3 Å². The maximum absolute atomic E-state index is 12.9. The minimum Gasteiger partial charge on any atom is -0.462 e. The van der Waals surface area contributed by atoms with E-state index in [2.05, 4.69) is 34.6 Å². The van der Waals surface area contributed by atoms with Crippen molar-refractivity contribution in [2.45, 2.75) is 362 Å². The fourth-order valence-corrected chi connectivity index (χ4v) is 9.73. The van der Waals surface area contributed by atoms with E-state index in [4.69, 9.17) is 14.2 Å². The minimum absolute atomic E-state index is 0.0620. The lowest BCUT2D eigenvalue weighted by Gasteiger charge is -2.18. The Morgan fingerprint density at radius 2 is 0.551 bits per heavy atom. The highest BCUT2D eigenvalue weighted by molar-refractivity contribution is 5.71. The van der Waals surface area contributed by atoms with Gasteiger partial charge in [0.25, 0.3) is 0 Å². The van der Waals surface area contributed by atoms with Gasteiger partial charge >= 0.3 is 17.9 Å². The van der Waals surface area contributed by atoms with Crippen LogP contribution in [0, 0.1) is 11.8 Å². The molecular formula is C63H122O6. The van der Waals surface area contributed by atoms with Crippen LogP contribution >= 0.6 is 0 Å². The Morgan fingerprint density at radius 3 is 0.826 bits per heavy atom. The van der Waals surface area contributed by atoms with Gasteiger partial charge in [0.15, 0.2) is 6.10 Å². The molecule has 6 nitrogen and oxygen atoms in total. The van der Waals surface area contributed by atoms with Crippen LogP contribution in [0.5, 0.6) is 0 Å². The Hall–Kier alpha value is -1.59. The molecule has 0 aliphatic heterocycles. The standard InChI is InChI=1S/C63H122O6/c1-6-8-9-10-11-12-13-28-33-38-43-48-53-61(64)67-56-60(69-63(66)55-50-45-40-35-30-25-21-20-22-26-31-36-41-46-51-58(3)4)57-68-62(65)54-49-44-39-34-29-24-19-17-15-14-16-18-23-27-32-37-42-47-52-59(5)7-2/h58-60H,6-57H2,1-5H3/t59?,60-/m0/s1. The Labute approximate surface area is 431 Å². The molecule has 0 bridgehead atoms. The molecule has 0 aliphatic rings. The van der Waals surface area contributed by atoms with Crippen molar-refractivity contribution >= 4 is 17.9 Å². The lowest BCUT2D eigenvalue weighted by molar-refractivity contribution is -0.167. The highest BCUT2D eigenvalue weighted by Gasteiger charge is 2.19. The first-order chi connectivity index (χ1) is 33.8. The Balaban J connectivity index is 4.23. The second-order valence-electron chi connectivity index (χ2n) is 22.4. The average molecular weight is 976 g/mol. The fourth-order valence-electron chi connectivity index (χ4n) is 9.73. The van der Waals surface area contributed by atoms with Crippen molar-refractivity contribution in [1.82, 2.24) is 0 Å². The van der Waals surface area contributed by atoms with E-state index in [1.807, 2.05) is 0 Å². The molecule has 1 unspecified atom stereocenters. The van der Waals surface area contributed by atoms with E-state index in [9.17, 15) is 14.4 Å². The summed E-state index contributed by atoms with van der Waals surface area (Å²) in [6.07, 6.45) is 61.0. The summed E-state index contributed by atoms with van der Waals surface area (Å²) in [6, 6.07) is 0.